The number of hydrogen-bond donors (Lipinski definition) is 0. The molecule has 9 aromatic carbocycles. The molecular weight excluding hydrogens is 723 g/mol. The van der Waals surface area contributed by atoms with E-state index in [4.69, 9.17) is 0 Å². The van der Waals surface area contributed by atoms with Crippen LogP contribution in [0.15, 0.2) is 218 Å². The van der Waals surface area contributed by atoms with E-state index >= 15 is 0 Å². The van der Waals surface area contributed by atoms with Gasteiger partial charge in [0, 0.05) is 16.8 Å². The highest BCUT2D eigenvalue weighted by molar-refractivity contribution is 6.01. The predicted molar refractivity (Wildman–Crippen MR) is 253 cm³/mol. The number of hydrogen-bond acceptors (Lipinski definition) is 1. The minimum absolute atomic E-state index is 0.524. The average molecular weight is 770 g/mol. The molecule has 9 aromatic rings. The summed E-state index contributed by atoms with van der Waals surface area (Å²) in [6.45, 7) is 0. The summed E-state index contributed by atoms with van der Waals surface area (Å²) >= 11 is 0. The largest absolute Gasteiger partial charge is 0.309 e. The first-order chi connectivity index (χ1) is 29.8. The molecule has 1 fully saturated rings. The number of nitrogens with zero attached hydrogens (tertiary/aromatic N) is 1. The van der Waals surface area contributed by atoms with Crippen LogP contribution in [-0.4, -0.2) is 0 Å². The molecule has 0 unspecified atom stereocenters. The molecule has 0 saturated heterocycles. The van der Waals surface area contributed by atoms with Gasteiger partial charge in [-0.3, -0.25) is 0 Å². The van der Waals surface area contributed by atoms with Crippen molar-refractivity contribution in [2.45, 2.75) is 43.4 Å². The highest BCUT2D eigenvalue weighted by Crippen LogP contribution is 2.60. The Morgan fingerprint density at radius 2 is 0.950 bits per heavy atom. The van der Waals surface area contributed by atoms with Crippen LogP contribution in [0, 0.1) is 0 Å². The number of benzene rings is 9. The van der Waals surface area contributed by atoms with Crippen LogP contribution in [0.25, 0.3) is 44.2 Å². The zero-order chi connectivity index (χ0) is 39.9. The van der Waals surface area contributed by atoms with Crippen LogP contribution in [0.4, 0.5) is 17.1 Å². The van der Waals surface area contributed by atoms with Crippen molar-refractivity contribution in [2.75, 3.05) is 4.90 Å². The van der Waals surface area contributed by atoms with Crippen molar-refractivity contribution in [3.63, 3.8) is 0 Å². The first-order valence-electron chi connectivity index (χ1n) is 21.7. The highest BCUT2D eigenvalue weighted by atomic mass is 15.1. The molecular formula is C59H47N. The fourth-order valence-corrected chi connectivity index (χ4v) is 10.6. The fraction of sp³-hybridized carbons (Fsp3) is 0.119. The second kappa shape index (κ2) is 15.3. The second-order valence-electron chi connectivity index (χ2n) is 16.6. The molecule has 0 radical (unpaired) electrons. The maximum absolute atomic E-state index is 2.55. The van der Waals surface area contributed by atoms with Crippen LogP contribution in [-0.2, 0) is 5.41 Å². The van der Waals surface area contributed by atoms with Gasteiger partial charge in [-0.25, -0.2) is 0 Å². The lowest BCUT2D eigenvalue weighted by Gasteiger charge is -2.35. The number of fused-ring (bicyclic) bond motifs is 4. The van der Waals surface area contributed by atoms with Crippen LogP contribution in [0.3, 0.4) is 0 Å². The summed E-state index contributed by atoms with van der Waals surface area (Å²) in [5.41, 5.74) is 17.3. The Morgan fingerprint density at radius 1 is 0.383 bits per heavy atom. The van der Waals surface area contributed by atoms with Crippen LogP contribution in [0.2, 0.25) is 0 Å². The lowest BCUT2D eigenvalue weighted by Crippen LogP contribution is -2.29. The second-order valence-corrected chi connectivity index (χ2v) is 16.6. The smallest absolute Gasteiger partial charge is 0.0714 e. The first-order valence-corrected chi connectivity index (χ1v) is 21.7. The Morgan fingerprint density at radius 3 is 1.62 bits per heavy atom. The van der Waals surface area contributed by atoms with Gasteiger partial charge in [0.25, 0.3) is 0 Å². The predicted octanol–water partition coefficient (Wildman–Crippen LogP) is 16.1. The maximum Gasteiger partial charge on any atom is 0.0714 e. The third-order valence-electron chi connectivity index (χ3n) is 13.3. The topological polar surface area (TPSA) is 3.24 Å². The van der Waals surface area contributed by atoms with E-state index in [1.165, 1.54) is 104 Å². The van der Waals surface area contributed by atoms with E-state index in [0.717, 1.165) is 17.1 Å². The van der Waals surface area contributed by atoms with Crippen molar-refractivity contribution in [3.05, 3.63) is 246 Å². The van der Waals surface area contributed by atoms with Crippen LogP contribution in [0.1, 0.15) is 65.8 Å². The van der Waals surface area contributed by atoms with Gasteiger partial charge in [0.05, 0.1) is 16.8 Å². The van der Waals surface area contributed by atoms with Gasteiger partial charge in [0.15, 0.2) is 0 Å². The molecule has 0 bridgehead atoms. The summed E-state index contributed by atoms with van der Waals surface area (Å²) < 4.78 is 0. The van der Waals surface area contributed by atoms with Gasteiger partial charge >= 0.3 is 0 Å². The maximum atomic E-state index is 2.55. The monoisotopic (exact) mass is 769 g/mol. The quantitative estimate of drug-likeness (QED) is 0.149. The standard InChI is InChI=1S/C59H47N/c1-6-21-42(22-7-1)50-33-18-19-36-56(50)60(57-40-46-28-17-16-27-45(46)39-53(57)44-25-10-3-11-26-44)49-37-38-52-55(41-49)59(47-29-12-4-13-30-47,48-31-14-5-15-32-48)54-35-20-34-51(58(52)54)43-23-8-2-9-24-43/h1,3-7,10-22,25-41,43H,2,8-9,23-24H2. The third-order valence-corrected chi connectivity index (χ3v) is 13.3. The molecule has 0 N–H and O–H groups in total. The molecule has 2 aliphatic carbocycles. The van der Waals surface area contributed by atoms with Crippen molar-refractivity contribution in [1.29, 1.82) is 0 Å². The molecule has 2 aliphatic rings. The molecule has 1 saturated carbocycles. The van der Waals surface area contributed by atoms with Gasteiger partial charge in [-0.15, -0.1) is 0 Å². The van der Waals surface area contributed by atoms with Crippen LogP contribution >= 0.6 is 0 Å². The summed E-state index contributed by atoms with van der Waals surface area (Å²) in [4.78, 5) is 2.54. The molecule has 1 nitrogen and oxygen atoms in total. The van der Waals surface area contributed by atoms with E-state index in [9.17, 15) is 0 Å². The van der Waals surface area contributed by atoms with Crippen molar-refractivity contribution >= 4 is 27.8 Å². The Bertz CT molecular complexity index is 2910. The summed E-state index contributed by atoms with van der Waals surface area (Å²) in [5, 5.41) is 2.44. The lowest BCUT2D eigenvalue weighted by molar-refractivity contribution is 0.444. The molecule has 288 valence electrons. The number of rotatable bonds is 8. The van der Waals surface area contributed by atoms with Crippen LogP contribution < -0.4 is 4.90 Å². The van der Waals surface area contributed by atoms with Crippen LogP contribution in [0.5, 0.6) is 0 Å². The minimum Gasteiger partial charge on any atom is -0.309 e. The van der Waals surface area contributed by atoms with Crippen molar-refractivity contribution < 1.29 is 0 Å². The molecule has 60 heavy (non-hydrogen) atoms. The number of anilines is 3. The summed E-state index contributed by atoms with van der Waals surface area (Å²) in [6, 6.07) is 81.5. The molecule has 0 heterocycles. The summed E-state index contributed by atoms with van der Waals surface area (Å²) in [5.74, 6) is 0.559. The fourth-order valence-electron chi connectivity index (χ4n) is 10.6. The van der Waals surface area contributed by atoms with E-state index < -0.39 is 5.41 Å². The molecule has 0 atom stereocenters. The van der Waals surface area contributed by atoms with Gasteiger partial charge in [0.1, 0.15) is 0 Å². The van der Waals surface area contributed by atoms with Crippen molar-refractivity contribution in [2.24, 2.45) is 0 Å². The van der Waals surface area contributed by atoms with Gasteiger partial charge in [-0.2, -0.15) is 0 Å². The van der Waals surface area contributed by atoms with Gasteiger partial charge < -0.3 is 4.90 Å². The van der Waals surface area contributed by atoms with E-state index in [0.29, 0.717) is 5.92 Å². The van der Waals surface area contributed by atoms with E-state index in [2.05, 4.69) is 223 Å². The molecule has 0 amide bonds. The first kappa shape index (κ1) is 36.1. The number of para-hydroxylation sites is 1. The average Bonchev–Trinajstić information content (AvgIpc) is 3.63. The zero-order valence-corrected chi connectivity index (χ0v) is 33.8. The molecule has 1 heteroatoms. The van der Waals surface area contributed by atoms with Gasteiger partial charge in [-0.05, 0) is 110 Å². The zero-order valence-electron chi connectivity index (χ0n) is 33.8. The Kier molecular flexibility index (Phi) is 9.23. The SMILES string of the molecule is c1ccc(-c2ccccc2N(c2ccc3c(c2)C(c2ccccc2)(c2ccccc2)c2cccc(C4CCCCC4)c2-3)c2cc3ccccc3cc2-c2ccccc2)cc1. The van der Waals surface area contributed by atoms with E-state index in [1.54, 1.807) is 0 Å². The van der Waals surface area contributed by atoms with E-state index in [-0.39, 0.29) is 0 Å². The van der Waals surface area contributed by atoms with Crippen molar-refractivity contribution in [3.8, 4) is 33.4 Å². The van der Waals surface area contributed by atoms with Gasteiger partial charge in [0.2, 0.25) is 0 Å². The van der Waals surface area contributed by atoms with Crippen molar-refractivity contribution in [1.82, 2.24) is 0 Å². The molecule has 0 aromatic heterocycles. The Hall–Kier alpha value is -6.96. The van der Waals surface area contributed by atoms with Gasteiger partial charge in [-0.1, -0.05) is 207 Å². The molecule has 0 spiro atoms. The molecule has 11 rings (SSSR count). The molecule has 0 aliphatic heterocycles. The van der Waals surface area contributed by atoms with E-state index in [1.807, 2.05) is 0 Å². The summed E-state index contributed by atoms with van der Waals surface area (Å²) in [6.07, 6.45) is 6.44. The normalized spacial score (nSPS) is 14.4. The third kappa shape index (κ3) is 5.99. The Labute approximate surface area is 354 Å². The highest BCUT2D eigenvalue weighted by Gasteiger charge is 2.47. The summed E-state index contributed by atoms with van der Waals surface area (Å²) in [7, 11) is 0. The lowest BCUT2D eigenvalue weighted by atomic mass is 9.67. The Balaban J connectivity index is 1.25. The minimum atomic E-state index is -0.524.